The summed E-state index contributed by atoms with van der Waals surface area (Å²) in [4.78, 5) is 0. The van der Waals surface area contributed by atoms with Gasteiger partial charge in [-0.25, -0.2) is 0 Å². The second-order valence-electron chi connectivity index (χ2n) is 9.56. The summed E-state index contributed by atoms with van der Waals surface area (Å²) in [5.74, 6) is 0. The summed E-state index contributed by atoms with van der Waals surface area (Å²) in [6, 6.07) is 7.05. The molecule has 0 aromatic heterocycles. The monoisotopic (exact) mass is 378 g/mol. The molecule has 2 aliphatic rings. The van der Waals surface area contributed by atoms with Crippen molar-refractivity contribution < 1.29 is 0 Å². The predicted molar refractivity (Wildman–Crippen MR) is 127 cm³/mol. The first kappa shape index (κ1) is 18.7. The average molecular weight is 378 g/mol. The zero-order valence-corrected chi connectivity index (χ0v) is 19.2. The van der Waals surface area contributed by atoms with E-state index in [2.05, 4.69) is 73.6 Å². The molecule has 0 fully saturated rings. The van der Waals surface area contributed by atoms with Gasteiger partial charge >= 0.3 is 0 Å². The zero-order chi connectivity index (χ0) is 20.8. The van der Waals surface area contributed by atoms with E-state index in [9.17, 15) is 0 Å². The Labute approximate surface area is 176 Å². The van der Waals surface area contributed by atoms with Crippen LogP contribution in [0, 0.1) is 55.4 Å². The summed E-state index contributed by atoms with van der Waals surface area (Å²) in [5, 5.41) is 0. The number of hydrogen-bond donors (Lipinski definition) is 0. The standard InChI is InChI=1S/C28H31B/c1-14-16(3)20(7)26-24(18(14)5)12-22-10-9-11-23-13-25-19(6)15(2)17(4)21(8)27(25)29(26)28(22)23/h9-11H,12-13H2,1-8H3. The van der Waals surface area contributed by atoms with Crippen LogP contribution in [-0.2, 0) is 12.8 Å². The van der Waals surface area contributed by atoms with Gasteiger partial charge < -0.3 is 0 Å². The highest BCUT2D eigenvalue weighted by Crippen LogP contribution is 2.31. The number of fused-ring (bicyclic) bond motifs is 4. The molecule has 0 saturated carbocycles. The maximum atomic E-state index is 2.38. The second-order valence-corrected chi connectivity index (χ2v) is 9.56. The van der Waals surface area contributed by atoms with Crippen molar-refractivity contribution >= 4 is 23.1 Å². The van der Waals surface area contributed by atoms with Crippen molar-refractivity contribution in [1.82, 2.24) is 0 Å². The number of benzene rings is 3. The van der Waals surface area contributed by atoms with Gasteiger partial charge in [0.15, 0.2) is 0 Å². The van der Waals surface area contributed by atoms with E-state index >= 15 is 0 Å². The van der Waals surface area contributed by atoms with Gasteiger partial charge in [0, 0.05) is 0 Å². The zero-order valence-electron chi connectivity index (χ0n) is 19.2. The smallest absolute Gasteiger partial charge is 0.0617 e. The van der Waals surface area contributed by atoms with Crippen LogP contribution in [0.2, 0.25) is 0 Å². The molecule has 0 saturated heterocycles. The molecule has 0 N–H and O–H groups in total. The largest absolute Gasteiger partial charge is 0.243 e. The molecular formula is C28H31B. The Balaban J connectivity index is 1.97. The molecule has 3 aromatic rings. The van der Waals surface area contributed by atoms with E-state index in [-0.39, 0.29) is 0 Å². The van der Waals surface area contributed by atoms with E-state index in [1.807, 2.05) is 0 Å². The van der Waals surface area contributed by atoms with Crippen LogP contribution in [-0.4, -0.2) is 6.71 Å². The van der Waals surface area contributed by atoms with Crippen molar-refractivity contribution in [3.8, 4) is 0 Å². The Morgan fingerprint density at radius 1 is 0.483 bits per heavy atom. The summed E-state index contributed by atoms with van der Waals surface area (Å²) in [7, 11) is 0. The van der Waals surface area contributed by atoms with Gasteiger partial charge in [0.1, 0.15) is 0 Å². The molecule has 3 aromatic carbocycles. The number of hydrogen-bond acceptors (Lipinski definition) is 0. The molecule has 1 heteroatoms. The van der Waals surface area contributed by atoms with Crippen LogP contribution < -0.4 is 16.4 Å². The molecule has 0 atom stereocenters. The molecule has 2 heterocycles. The van der Waals surface area contributed by atoms with Gasteiger partial charge in [0.05, 0.1) is 0 Å². The van der Waals surface area contributed by atoms with Crippen molar-refractivity contribution in [2.75, 3.05) is 0 Å². The van der Waals surface area contributed by atoms with Gasteiger partial charge in [0.25, 0.3) is 0 Å². The summed E-state index contributed by atoms with van der Waals surface area (Å²) in [6.07, 6.45) is 2.17. The lowest BCUT2D eigenvalue weighted by atomic mass is 9.29. The third-order valence-electron chi connectivity index (χ3n) is 8.63. The summed E-state index contributed by atoms with van der Waals surface area (Å²) >= 11 is 0. The molecular weight excluding hydrogens is 347 g/mol. The lowest BCUT2D eigenvalue weighted by Crippen LogP contribution is -2.63. The molecule has 0 aliphatic carbocycles. The van der Waals surface area contributed by atoms with E-state index in [0.29, 0.717) is 6.71 Å². The molecule has 0 bridgehead atoms. The first-order chi connectivity index (χ1) is 13.7. The SMILES string of the molecule is Cc1c(C)c(C)c2c(c1C)Cc1cccc3c1B2c1c(C)c(C)c(C)c(C)c1C3. The Morgan fingerprint density at radius 2 is 0.862 bits per heavy atom. The van der Waals surface area contributed by atoms with Crippen LogP contribution in [0.25, 0.3) is 0 Å². The quantitative estimate of drug-likeness (QED) is 0.349. The minimum atomic E-state index is 0.393. The molecule has 0 unspecified atom stereocenters. The highest BCUT2D eigenvalue weighted by atomic mass is 14.3. The Kier molecular flexibility index (Phi) is 3.95. The van der Waals surface area contributed by atoms with Crippen molar-refractivity contribution in [2.24, 2.45) is 0 Å². The molecule has 2 aliphatic heterocycles. The Bertz CT molecular complexity index is 1130. The fraction of sp³-hybridized carbons (Fsp3) is 0.357. The molecule has 29 heavy (non-hydrogen) atoms. The second kappa shape index (κ2) is 6.11. The van der Waals surface area contributed by atoms with Gasteiger partial charge in [0.2, 0.25) is 6.71 Å². The highest BCUT2D eigenvalue weighted by Gasteiger charge is 2.40. The normalized spacial score (nSPS) is 13.9. The molecule has 0 spiro atoms. The third kappa shape index (κ3) is 2.28. The molecule has 0 radical (unpaired) electrons. The Morgan fingerprint density at radius 3 is 1.28 bits per heavy atom. The topological polar surface area (TPSA) is 0 Å². The highest BCUT2D eigenvalue weighted by molar-refractivity contribution is 6.98. The molecule has 0 amide bonds. The lowest BCUT2D eigenvalue weighted by molar-refractivity contribution is 1.08. The summed E-state index contributed by atoms with van der Waals surface area (Å²) in [5.41, 5.74) is 23.0. The van der Waals surface area contributed by atoms with E-state index in [0.717, 1.165) is 12.8 Å². The molecule has 146 valence electrons. The van der Waals surface area contributed by atoms with E-state index in [4.69, 9.17) is 0 Å². The van der Waals surface area contributed by atoms with Crippen LogP contribution in [0.3, 0.4) is 0 Å². The fourth-order valence-electron chi connectivity index (χ4n) is 6.23. The van der Waals surface area contributed by atoms with E-state index < -0.39 is 0 Å². The van der Waals surface area contributed by atoms with Gasteiger partial charge in [-0.3, -0.25) is 0 Å². The molecule has 5 rings (SSSR count). The van der Waals surface area contributed by atoms with E-state index in [1.54, 1.807) is 38.6 Å². The first-order valence-electron chi connectivity index (χ1n) is 11.0. The average Bonchev–Trinajstić information content (AvgIpc) is 2.72. The van der Waals surface area contributed by atoms with Gasteiger partial charge in [-0.1, -0.05) is 45.7 Å². The van der Waals surface area contributed by atoms with Crippen LogP contribution in [0.5, 0.6) is 0 Å². The summed E-state index contributed by atoms with van der Waals surface area (Å²) < 4.78 is 0. The summed E-state index contributed by atoms with van der Waals surface area (Å²) in [6.45, 7) is 19.1. The van der Waals surface area contributed by atoms with Gasteiger partial charge in [-0.15, -0.1) is 0 Å². The van der Waals surface area contributed by atoms with Crippen LogP contribution in [0.4, 0.5) is 0 Å². The third-order valence-corrected chi connectivity index (χ3v) is 8.63. The Hall–Kier alpha value is -2.28. The lowest BCUT2D eigenvalue weighted by Gasteiger charge is -2.38. The maximum absolute atomic E-state index is 2.38. The van der Waals surface area contributed by atoms with Gasteiger partial charge in [-0.05, 0) is 124 Å². The van der Waals surface area contributed by atoms with Crippen molar-refractivity contribution in [2.45, 2.75) is 68.2 Å². The van der Waals surface area contributed by atoms with Crippen molar-refractivity contribution in [3.63, 3.8) is 0 Å². The molecule has 0 nitrogen and oxygen atoms in total. The van der Waals surface area contributed by atoms with Crippen LogP contribution in [0.1, 0.15) is 66.8 Å². The van der Waals surface area contributed by atoms with Crippen molar-refractivity contribution in [1.29, 1.82) is 0 Å². The van der Waals surface area contributed by atoms with Crippen LogP contribution in [0.15, 0.2) is 18.2 Å². The maximum Gasteiger partial charge on any atom is 0.243 e. The first-order valence-corrected chi connectivity index (χ1v) is 11.0. The minimum absolute atomic E-state index is 0.393. The predicted octanol–water partition coefficient (Wildman–Crippen LogP) is 4.48. The minimum Gasteiger partial charge on any atom is -0.0617 e. The number of rotatable bonds is 0. The van der Waals surface area contributed by atoms with Crippen molar-refractivity contribution in [3.05, 3.63) is 85.0 Å². The van der Waals surface area contributed by atoms with Gasteiger partial charge in [-0.2, -0.15) is 0 Å². The fourth-order valence-corrected chi connectivity index (χ4v) is 6.23. The van der Waals surface area contributed by atoms with E-state index in [1.165, 1.54) is 44.5 Å². The van der Waals surface area contributed by atoms with Crippen LogP contribution >= 0.6 is 0 Å².